The number of hydrogen-bond donors (Lipinski definition) is 0. The topological polar surface area (TPSA) is 34.1 Å². The fraction of sp³-hybridized carbons (Fsp3) is 0.240. The lowest BCUT2D eigenvalue weighted by Crippen LogP contribution is -2.40. The van der Waals surface area contributed by atoms with Gasteiger partial charge >= 0.3 is 0 Å². The van der Waals surface area contributed by atoms with Gasteiger partial charge in [0, 0.05) is 6.54 Å². The van der Waals surface area contributed by atoms with E-state index in [2.05, 4.69) is 47.4 Å². The Morgan fingerprint density at radius 3 is 2.24 bits per heavy atom. The normalized spacial score (nSPS) is 17.4. The van der Waals surface area contributed by atoms with Crippen molar-refractivity contribution in [1.29, 1.82) is 0 Å². The van der Waals surface area contributed by atoms with E-state index in [1.165, 1.54) is 16.8 Å². The fourth-order valence-corrected chi connectivity index (χ4v) is 4.46. The van der Waals surface area contributed by atoms with E-state index < -0.39 is 0 Å². The third kappa shape index (κ3) is 3.05. The Morgan fingerprint density at radius 2 is 1.55 bits per heavy atom. The van der Waals surface area contributed by atoms with Gasteiger partial charge in [0.1, 0.15) is 11.5 Å². The molecule has 2 heterocycles. The van der Waals surface area contributed by atoms with E-state index in [0.29, 0.717) is 0 Å². The molecule has 2 aliphatic rings. The number of hydrogen-bond acceptors (Lipinski definition) is 4. The van der Waals surface area contributed by atoms with Gasteiger partial charge in [-0.05, 0) is 72.0 Å². The fourth-order valence-electron chi connectivity index (χ4n) is 4.46. The first-order chi connectivity index (χ1) is 14.3. The molecule has 0 bridgehead atoms. The van der Waals surface area contributed by atoms with Gasteiger partial charge in [-0.2, -0.15) is 0 Å². The van der Waals surface area contributed by atoms with Crippen LogP contribution in [0.1, 0.15) is 29.2 Å². The number of nitrogens with zero attached hydrogens (tertiary/aromatic N) is 2. The summed E-state index contributed by atoms with van der Waals surface area (Å²) in [4.78, 5) is 7.70. The van der Waals surface area contributed by atoms with Gasteiger partial charge in [-0.3, -0.25) is 0 Å². The second-order valence-electron chi connectivity index (χ2n) is 7.48. The minimum Gasteiger partial charge on any atom is -0.497 e. The Kier molecular flexibility index (Phi) is 4.47. The molecule has 0 N–H and O–H groups in total. The van der Waals surface area contributed by atoms with Gasteiger partial charge in [-0.1, -0.05) is 24.3 Å². The molecule has 4 nitrogen and oxygen atoms in total. The Balaban J connectivity index is 1.69. The number of ether oxygens (including phenoxy) is 2. The molecule has 3 aromatic rings. The van der Waals surface area contributed by atoms with Gasteiger partial charge < -0.3 is 14.4 Å². The van der Waals surface area contributed by atoms with Crippen molar-refractivity contribution in [1.82, 2.24) is 0 Å². The highest BCUT2D eigenvalue weighted by Crippen LogP contribution is 2.46. The molecule has 2 aliphatic heterocycles. The Bertz CT molecular complexity index is 1060. The van der Waals surface area contributed by atoms with Crippen molar-refractivity contribution in [3.8, 4) is 11.5 Å². The molecule has 0 fully saturated rings. The van der Waals surface area contributed by atoms with Gasteiger partial charge in [0.2, 0.25) is 0 Å². The summed E-state index contributed by atoms with van der Waals surface area (Å²) in [6.45, 7) is 1.02. The van der Waals surface area contributed by atoms with E-state index in [4.69, 9.17) is 14.5 Å². The zero-order chi connectivity index (χ0) is 19.8. The minimum absolute atomic E-state index is 0.0725. The quantitative estimate of drug-likeness (QED) is 0.609. The average molecular weight is 384 g/mol. The average Bonchev–Trinajstić information content (AvgIpc) is 2.79. The van der Waals surface area contributed by atoms with Crippen LogP contribution in [0.5, 0.6) is 11.5 Å². The van der Waals surface area contributed by atoms with Crippen LogP contribution < -0.4 is 14.4 Å². The lowest BCUT2D eigenvalue weighted by Gasteiger charge is -2.42. The van der Waals surface area contributed by atoms with Crippen LogP contribution in [0.15, 0.2) is 71.7 Å². The summed E-state index contributed by atoms with van der Waals surface area (Å²) in [6, 6.07) is 23.2. The molecule has 0 aromatic heterocycles. The van der Waals surface area contributed by atoms with Crippen LogP contribution in [-0.4, -0.2) is 26.5 Å². The third-order valence-corrected chi connectivity index (χ3v) is 5.86. The molecule has 1 atom stereocenters. The number of methoxy groups -OCH3 is 2. The van der Waals surface area contributed by atoms with Crippen LogP contribution in [-0.2, 0) is 6.42 Å². The molecular weight excluding hydrogens is 360 g/mol. The van der Waals surface area contributed by atoms with E-state index in [1.54, 1.807) is 14.2 Å². The van der Waals surface area contributed by atoms with Crippen molar-refractivity contribution in [3.05, 3.63) is 83.4 Å². The van der Waals surface area contributed by atoms with Crippen LogP contribution in [0.4, 0.5) is 11.4 Å². The highest BCUT2D eigenvalue weighted by atomic mass is 16.5. The molecule has 0 saturated carbocycles. The summed E-state index contributed by atoms with van der Waals surface area (Å²) >= 11 is 0. The van der Waals surface area contributed by atoms with Gasteiger partial charge in [0.15, 0.2) is 0 Å². The van der Waals surface area contributed by atoms with Gasteiger partial charge in [-0.15, -0.1) is 0 Å². The minimum atomic E-state index is 0.0725. The van der Waals surface area contributed by atoms with E-state index in [1.807, 2.05) is 24.3 Å². The maximum absolute atomic E-state index is 5.38. The predicted molar refractivity (Wildman–Crippen MR) is 117 cm³/mol. The number of rotatable bonds is 4. The maximum Gasteiger partial charge on any atom is 0.118 e. The van der Waals surface area contributed by atoms with E-state index in [0.717, 1.165) is 47.8 Å². The molecule has 3 aromatic carbocycles. The smallest absolute Gasteiger partial charge is 0.118 e. The zero-order valence-electron chi connectivity index (χ0n) is 16.8. The molecule has 0 spiro atoms. The number of para-hydroxylation sites is 1. The van der Waals surface area contributed by atoms with Crippen LogP contribution in [0.3, 0.4) is 0 Å². The Hall–Kier alpha value is -3.27. The van der Waals surface area contributed by atoms with Gasteiger partial charge in [0.25, 0.3) is 0 Å². The molecule has 146 valence electrons. The molecule has 29 heavy (non-hydrogen) atoms. The molecular formula is C25H24N2O2. The van der Waals surface area contributed by atoms with Gasteiger partial charge in [-0.25, -0.2) is 4.99 Å². The Morgan fingerprint density at radius 1 is 0.862 bits per heavy atom. The summed E-state index contributed by atoms with van der Waals surface area (Å²) in [6.07, 6.45) is 2.27. The summed E-state index contributed by atoms with van der Waals surface area (Å²) in [5.74, 6) is 1.72. The standard InChI is InChI=1S/C25H24N2O2/c1-28-20-12-8-17(9-13-20)23-25(19-10-14-21(29-2)15-11-19)27-16-4-6-18-5-3-7-22(26-23)24(18)27/h3,5,7-15,25H,4,6,16H2,1-2H3/t25-/m1/s1. The van der Waals surface area contributed by atoms with Crippen molar-refractivity contribution in [2.24, 2.45) is 4.99 Å². The molecule has 0 amide bonds. The van der Waals surface area contributed by atoms with E-state index >= 15 is 0 Å². The summed E-state index contributed by atoms with van der Waals surface area (Å²) in [5.41, 5.74) is 7.17. The SMILES string of the molecule is COc1ccc(C2=Nc3cccc4c3N(CCC4)[C@@H]2c2ccc(OC)cc2)cc1. The zero-order valence-corrected chi connectivity index (χ0v) is 16.8. The number of aryl methyl sites for hydroxylation is 1. The molecule has 0 saturated heterocycles. The molecule has 5 rings (SSSR count). The number of anilines is 1. The monoisotopic (exact) mass is 384 g/mol. The van der Waals surface area contributed by atoms with Crippen molar-refractivity contribution in [2.45, 2.75) is 18.9 Å². The van der Waals surface area contributed by atoms with Crippen molar-refractivity contribution in [2.75, 3.05) is 25.7 Å². The number of aliphatic imine (C=N–C) groups is 1. The largest absolute Gasteiger partial charge is 0.497 e. The first-order valence-electron chi connectivity index (χ1n) is 10.0. The lowest BCUT2D eigenvalue weighted by molar-refractivity contribution is 0.414. The maximum atomic E-state index is 5.38. The third-order valence-electron chi connectivity index (χ3n) is 5.86. The van der Waals surface area contributed by atoms with E-state index in [-0.39, 0.29) is 6.04 Å². The van der Waals surface area contributed by atoms with Crippen LogP contribution >= 0.6 is 0 Å². The first-order valence-corrected chi connectivity index (χ1v) is 10.0. The Labute approximate surface area is 171 Å². The van der Waals surface area contributed by atoms with E-state index in [9.17, 15) is 0 Å². The second-order valence-corrected chi connectivity index (χ2v) is 7.48. The molecule has 4 heteroatoms. The highest BCUT2D eigenvalue weighted by Gasteiger charge is 2.35. The molecule has 0 unspecified atom stereocenters. The predicted octanol–water partition coefficient (Wildman–Crippen LogP) is 5.33. The van der Waals surface area contributed by atoms with Crippen molar-refractivity contribution < 1.29 is 9.47 Å². The summed E-state index contributed by atoms with van der Waals surface area (Å²) < 4.78 is 10.7. The van der Waals surface area contributed by atoms with Crippen LogP contribution in [0, 0.1) is 0 Å². The molecule has 0 aliphatic carbocycles. The first kappa shape index (κ1) is 17.8. The highest BCUT2D eigenvalue weighted by molar-refractivity contribution is 6.10. The van der Waals surface area contributed by atoms with Crippen LogP contribution in [0.2, 0.25) is 0 Å². The summed E-state index contributed by atoms with van der Waals surface area (Å²) in [7, 11) is 3.39. The van der Waals surface area contributed by atoms with Gasteiger partial charge in [0.05, 0.1) is 37.3 Å². The lowest BCUT2D eigenvalue weighted by atomic mass is 9.88. The number of benzene rings is 3. The van der Waals surface area contributed by atoms with Crippen molar-refractivity contribution >= 4 is 17.1 Å². The molecule has 0 radical (unpaired) electrons. The summed E-state index contributed by atoms with van der Waals surface area (Å²) in [5, 5.41) is 0. The van der Waals surface area contributed by atoms with Crippen molar-refractivity contribution in [3.63, 3.8) is 0 Å². The second kappa shape index (κ2) is 7.28. The van der Waals surface area contributed by atoms with Crippen LogP contribution in [0.25, 0.3) is 0 Å².